The minimum atomic E-state index is -0.966. The zero-order valence-electron chi connectivity index (χ0n) is 14.3. The van der Waals surface area contributed by atoms with Crippen LogP contribution in [0.1, 0.15) is 33.1 Å². The highest BCUT2D eigenvalue weighted by Crippen LogP contribution is 2.06. The summed E-state index contributed by atoms with van der Waals surface area (Å²) in [5, 5.41) is 20.7. The van der Waals surface area contributed by atoms with Gasteiger partial charge in [-0.1, -0.05) is 13.8 Å². The van der Waals surface area contributed by atoms with Gasteiger partial charge in [0, 0.05) is 39.1 Å². The van der Waals surface area contributed by atoms with E-state index < -0.39 is 12.0 Å². The normalized spacial score (nSPS) is 18.1. The fourth-order valence-corrected chi connectivity index (χ4v) is 2.80. The number of piperazine rings is 1. The number of nitrogens with zero attached hydrogens (tertiary/aromatic N) is 2. The Morgan fingerprint density at radius 2 is 1.65 bits per heavy atom. The minimum absolute atomic E-state index is 0.183. The number of carboxylic acid groups (broad SMARTS) is 1. The number of hydrogen-bond acceptors (Lipinski definition) is 5. The van der Waals surface area contributed by atoms with E-state index in [2.05, 4.69) is 15.1 Å². The summed E-state index contributed by atoms with van der Waals surface area (Å²) in [6.07, 6.45) is 1.55. The summed E-state index contributed by atoms with van der Waals surface area (Å²) in [6.45, 7) is 9.45. The first-order valence-corrected chi connectivity index (χ1v) is 8.50. The van der Waals surface area contributed by atoms with Gasteiger partial charge in [-0.2, -0.15) is 0 Å². The lowest BCUT2D eigenvalue weighted by Gasteiger charge is -2.34. The Morgan fingerprint density at radius 3 is 2.13 bits per heavy atom. The highest BCUT2D eigenvalue weighted by molar-refractivity contribution is 5.83. The molecule has 1 fully saturated rings. The van der Waals surface area contributed by atoms with E-state index in [1.807, 2.05) is 13.8 Å². The Balaban J connectivity index is 2.20. The molecule has 1 saturated heterocycles. The summed E-state index contributed by atoms with van der Waals surface area (Å²) in [6, 6.07) is -0.787. The van der Waals surface area contributed by atoms with E-state index in [9.17, 15) is 9.59 Å². The van der Waals surface area contributed by atoms with Crippen molar-refractivity contribution in [3.63, 3.8) is 0 Å². The van der Waals surface area contributed by atoms with Gasteiger partial charge in [-0.3, -0.25) is 9.69 Å². The Bertz CT molecular complexity index is 368. The first kappa shape index (κ1) is 19.9. The maximum atomic E-state index is 11.9. The van der Waals surface area contributed by atoms with E-state index in [4.69, 9.17) is 10.2 Å². The summed E-state index contributed by atoms with van der Waals surface area (Å²) in [4.78, 5) is 27.6. The number of nitrogens with one attached hydrogen (secondary N) is 1. The van der Waals surface area contributed by atoms with Crippen LogP contribution in [0.25, 0.3) is 0 Å². The van der Waals surface area contributed by atoms with Gasteiger partial charge in [0.05, 0.1) is 6.61 Å². The molecular formula is C16H31N3O4. The zero-order valence-corrected chi connectivity index (χ0v) is 14.3. The maximum absolute atomic E-state index is 11.9. The van der Waals surface area contributed by atoms with Crippen LogP contribution in [0.4, 0.5) is 0 Å². The lowest BCUT2D eigenvalue weighted by atomic mass is 10.0. The second-order valence-electron chi connectivity index (χ2n) is 6.60. The van der Waals surface area contributed by atoms with Crippen LogP contribution in [-0.2, 0) is 9.59 Å². The summed E-state index contributed by atoms with van der Waals surface area (Å²) in [5.41, 5.74) is 0. The summed E-state index contributed by atoms with van der Waals surface area (Å²) in [5.74, 6) is -0.921. The first-order valence-electron chi connectivity index (χ1n) is 8.50. The van der Waals surface area contributed by atoms with Gasteiger partial charge in [0.25, 0.3) is 0 Å². The Morgan fingerprint density at radius 1 is 1.09 bits per heavy atom. The van der Waals surface area contributed by atoms with Gasteiger partial charge in [-0.05, 0) is 25.3 Å². The molecule has 1 heterocycles. The van der Waals surface area contributed by atoms with Gasteiger partial charge in [-0.15, -0.1) is 0 Å². The monoisotopic (exact) mass is 329 g/mol. The predicted molar refractivity (Wildman–Crippen MR) is 88.2 cm³/mol. The molecule has 0 spiro atoms. The van der Waals surface area contributed by atoms with Crippen molar-refractivity contribution in [1.29, 1.82) is 0 Å². The van der Waals surface area contributed by atoms with E-state index in [0.717, 1.165) is 45.7 Å². The molecule has 1 unspecified atom stereocenters. The molecule has 0 saturated carbocycles. The highest BCUT2D eigenvalue weighted by atomic mass is 16.4. The molecule has 3 N–H and O–H groups in total. The fraction of sp³-hybridized carbons (Fsp3) is 0.875. The van der Waals surface area contributed by atoms with E-state index >= 15 is 0 Å². The molecule has 134 valence electrons. The summed E-state index contributed by atoms with van der Waals surface area (Å²) >= 11 is 0. The number of carbonyl (C=O) groups is 2. The van der Waals surface area contributed by atoms with Gasteiger partial charge >= 0.3 is 5.97 Å². The van der Waals surface area contributed by atoms with Crippen LogP contribution in [-0.4, -0.2) is 83.8 Å². The number of hydrogen-bond donors (Lipinski definition) is 3. The van der Waals surface area contributed by atoms with Crippen LogP contribution in [0.2, 0.25) is 0 Å². The van der Waals surface area contributed by atoms with Gasteiger partial charge in [0.15, 0.2) is 0 Å². The average Bonchev–Trinajstić information content (AvgIpc) is 2.48. The molecule has 1 amide bonds. The molecule has 1 aliphatic heterocycles. The largest absolute Gasteiger partial charge is 0.480 e. The molecule has 0 radical (unpaired) electrons. The highest BCUT2D eigenvalue weighted by Gasteiger charge is 2.21. The lowest BCUT2D eigenvalue weighted by Crippen LogP contribution is -2.47. The van der Waals surface area contributed by atoms with Crippen LogP contribution >= 0.6 is 0 Å². The van der Waals surface area contributed by atoms with Crippen molar-refractivity contribution in [2.45, 2.75) is 39.2 Å². The molecule has 1 rings (SSSR count). The van der Waals surface area contributed by atoms with E-state index in [0.29, 0.717) is 12.8 Å². The van der Waals surface area contributed by atoms with Crippen LogP contribution < -0.4 is 5.32 Å². The SMILES string of the molecule is CC(C)CC(NC(=O)CCCN1CCN(CCO)CC1)C(=O)O. The molecule has 23 heavy (non-hydrogen) atoms. The topological polar surface area (TPSA) is 93.1 Å². The summed E-state index contributed by atoms with van der Waals surface area (Å²) in [7, 11) is 0. The molecule has 1 atom stereocenters. The first-order chi connectivity index (χ1) is 10.9. The van der Waals surface area contributed by atoms with Gasteiger partial charge in [0.1, 0.15) is 6.04 Å². The fourth-order valence-electron chi connectivity index (χ4n) is 2.80. The Hall–Kier alpha value is -1.18. The molecule has 0 aromatic heterocycles. The van der Waals surface area contributed by atoms with E-state index in [1.54, 1.807) is 0 Å². The Labute approximate surface area is 138 Å². The second-order valence-corrected chi connectivity index (χ2v) is 6.60. The number of rotatable bonds is 10. The molecular weight excluding hydrogens is 298 g/mol. The van der Waals surface area contributed by atoms with Gasteiger partial charge in [-0.25, -0.2) is 4.79 Å². The molecule has 1 aliphatic rings. The molecule has 0 aliphatic carbocycles. The van der Waals surface area contributed by atoms with Crippen LogP contribution in [0, 0.1) is 5.92 Å². The van der Waals surface area contributed by atoms with Crippen LogP contribution in [0.15, 0.2) is 0 Å². The van der Waals surface area contributed by atoms with E-state index in [-0.39, 0.29) is 18.4 Å². The number of carbonyl (C=O) groups excluding carboxylic acids is 1. The minimum Gasteiger partial charge on any atom is -0.480 e. The summed E-state index contributed by atoms with van der Waals surface area (Å²) < 4.78 is 0. The third-order valence-corrected chi connectivity index (χ3v) is 4.10. The Kier molecular flexibility index (Phi) is 9.13. The number of amides is 1. The number of aliphatic hydroxyl groups is 1. The molecule has 7 heteroatoms. The second kappa shape index (κ2) is 10.6. The number of aliphatic hydroxyl groups excluding tert-OH is 1. The standard InChI is InChI=1S/C16H31N3O4/c1-13(2)12-14(16(22)23)17-15(21)4-3-5-18-6-8-19(9-7-18)10-11-20/h13-14,20H,3-12H2,1-2H3,(H,17,21)(H,22,23). The third-order valence-electron chi connectivity index (χ3n) is 4.10. The smallest absolute Gasteiger partial charge is 0.326 e. The zero-order chi connectivity index (χ0) is 17.2. The molecule has 0 aromatic carbocycles. The average molecular weight is 329 g/mol. The van der Waals surface area contributed by atoms with Gasteiger partial charge < -0.3 is 20.4 Å². The number of aliphatic carboxylic acids is 1. The predicted octanol–water partition coefficient (Wildman–Crippen LogP) is -0.00800. The molecule has 0 aromatic rings. The quantitative estimate of drug-likeness (QED) is 0.522. The van der Waals surface area contributed by atoms with Crippen molar-refractivity contribution in [2.24, 2.45) is 5.92 Å². The molecule has 7 nitrogen and oxygen atoms in total. The lowest BCUT2D eigenvalue weighted by molar-refractivity contribution is -0.142. The van der Waals surface area contributed by atoms with Crippen LogP contribution in [0.3, 0.4) is 0 Å². The third kappa shape index (κ3) is 8.29. The number of carboxylic acids is 1. The van der Waals surface area contributed by atoms with E-state index in [1.165, 1.54) is 0 Å². The van der Waals surface area contributed by atoms with Crippen molar-refractivity contribution in [1.82, 2.24) is 15.1 Å². The van der Waals surface area contributed by atoms with Crippen molar-refractivity contribution < 1.29 is 19.8 Å². The maximum Gasteiger partial charge on any atom is 0.326 e. The van der Waals surface area contributed by atoms with Crippen LogP contribution in [0.5, 0.6) is 0 Å². The molecule has 0 bridgehead atoms. The van der Waals surface area contributed by atoms with Crippen molar-refractivity contribution in [2.75, 3.05) is 45.9 Å². The van der Waals surface area contributed by atoms with Crippen molar-refractivity contribution in [3.05, 3.63) is 0 Å². The van der Waals surface area contributed by atoms with Gasteiger partial charge in [0.2, 0.25) is 5.91 Å². The van der Waals surface area contributed by atoms with Crippen molar-refractivity contribution >= 4 is 11.9 Å². The van der Waals surface area contributed by atoms with Crippen molar-refractivity contribution in [3.8, 4) is 0 Å². The number of β-amino-alcohol motifs (C(OH)–C–C–N with tert-alkyl or cyclic N) is 1.